The van der Waals surface area contributed by atoms with Gasteiger partial charge in [-0.1, -0.05) is 27.0 Å². The van der Waals surface area contributed by atoms with E-state index in [0.717, 1.165) is 0 Å². The Morgan fingerprint density at radius 3 is 2.73 bits per heavy atom. The highest BCUT2D eigenvalue weighted by molar-refractivity contribution is 6.00. The molecule has 0 radical (unpaired) electrons. The van der Waals surface area contributed by atoms with Crippen LogP contribution < -0.4 is 0 Å². The van der Waals surface area contributed by atoms with Crippen molar-refractivity contribution >= 4 is 17.7 Å². The van der Waals surface area contributed by atoms with E-state index in [-0.39, 0.29) is 36.1 Å². The molecular weight excluding hydrogens is 336 g/mol. The number of esters is 2. The molecule has 26 heavy (non-hydrogen) atoms. The van der Waals surface area contributed by atoms with Crippen LogP contribution in [0.3, 0.4) is 0 Å². The number of ether oxygens (including phenoxy) is 3. The minimum absolute atomic E-state index is 0.125. The lowest BCUT2D eigenvalue weighted by atomic mass is 9.81. The Kier molecular flexibility index (Phi) is 4.54. The fourth-order valence-corrected chi connectivity index (χ4v) is 3.71. The third-order valence-electron chi connectivity index (χ3n) is 5.09. The van der Waals surface area contributed by atoms with Crippen LogP contribution in [0.4, 0.5) is 0 Å². The lowest BCUT2D eigenvalue weighted by Gasteiger charge is -2.31. The molecule has 2 saturated heterocycles. The van der Waals surface area contributed by atoms with Crippen LogP contribution in [0.2, 0.25) is 0 Å². The molecule has 0 aromatic rings. The van der Waals surface area contributed by atoms with Crippen molar-refractivity contribution in [2.75, 3.05) is 0 Å². The van der Waals surface area contributed by atoms with Gasteiger partial charge in [0, 0.05) is 30.9 Å². The molecule has 4 unspecified atom stereocenters. The lowest BCUT2D eigenvalue weighted by Crippen LogP contribution is -2.43. The first kappa shape index (κ1) is 18.4. The zero-order chi connectivity index (χ0) is 19.2. The van der Waals surface area contributed by atoms with Crippen LogP contribution in [-0.2, 0) is 28.6 Å². The maximum atomic E-state index is 12.5. The molecule has 0 spiro atoms. The second kappa shape index (κ2) is 6.41. The fourth-order valence-electron chi connectivity index (χ4n) is 3.71. The molecule has 3 rings (SSSR count). The molecule has 0 N–H and O–H groups in total. The Labute approximate surface area is 152 Å². The molecule has 3 aliphatic heterocycles. The van der Waals surface area contributed by atoms with Crippen molar-refractivity contribution < 1.29 is 28.6 Å². The molecule has 0 amide bonds. The van der Waals surface area contributed by atoms with Crippen LogP contribution >= 0.6 is 0 Å². The molecule has 6 nitrogen and oxygen atoms in total. The summed E-state index contributed by atoms with van der Waals surface area (Å²) in [4.78, 5) is 36.9. The van der Waals surface area contributed by atoms with Gasteiger partial charge in [-0.2, -0.15) is 0 Å². The van der Waals surface area contributed by atoms with Gasteiger partial charge in [-0.25, -0.2) is 4.79 Å². The van der Waals surface area contributed by atoms with E-state index < -0.39 is 29.7 Å². The Bertz CT molecular complexity index is 731. The zero-order valence-electron chi connectivity index (χ0n) is 15.4. The van der Waals surface area contributed by atoms with Crippen molar-refractivity contribution in [3.8, 4) is 0 Å². The Hall–Kier alpha value is -2.37. The Balaban J connectivity index is 1.96. The number of ketones is 1. The molecule has 0 aromatic carbocycles. The first-order valence-corrected chi connectivity index (χ1v) is 8.83. The van der Waals surface area contributed by atoms with Gasteiger partial charge in [0.2, 0.25) is 5.78 Å². The van der Waals surface area contributed by atoms with E-state index in [1.165, 1.54) is 6.08 Å². The highest BCUT2D eigenvalue weighted by atomic mass is 16.6. The second-order valence-corrected chi connectivity index (χ2v) is 7.84. The van der Waals surface area contributed by atoms with Crippen molar-refractivity contribution in [1.29, 1.82) is 0 Å². The first-order valence-electron chi connectivity index (χ1n) is 8.83. The van der Waals surface area contributed by atoms with E-state index in [1.807, 2.05) is 13.8 Å². The van der Waals surface area contributed by atoms with Gasteiger partial charge in [0.1, 0.15) is 18.0 Å². The minimum atomic E-state index is -1.16. The third-order valence-corrected chi connectivity index (χ3v) is 5.09. The molecule has 0 aromatic heterocycles. The van der Waals surface area contributed by atoms with Crippen LogP contribution in [0, 0.1) is 11.8 Å². The van der Waals surface area contributed by atoms with Gasteiger partial charge >= 0.3 is 11.9 Å². The van der Waals surface area contributed by atoms with E-state index in [4.69, 9.17) is 14.2 Å². The number of rotatable bonds is 3. The van der Waals surface area contributed by atoms with E-state index in [9.17, 15) is 14.4 Å². The molecule has 0 saturated carbocycles. The molecular formula is C20H24O6. The maximum Gasteiger partial charge on any atom is 0.334 e. The summed E-state index contributed by atoms with van der Waals surface area (Å²) in [5, 5.41) is 0. The lowest BCUT2D eigenvalue weighted by molar-refractivity contribution is -0.158. The van der Waals surface area contributed by atoms with Gasteiger partial charge in [0.05, 0.1) is 5.92 Å². The predicted octanol–water partition coefficient (Wildman–Crippen LogP) is 2.63. The SMILES string of the molecule is C=C1CC2OC(=O)C(=C)C2C(OC(=O)CC(C)C)CC2(C)OC1=CC2=O. The zero-order valence-corrected chi connectivity index (χ0v) is 15.4. The smallest absolute Gasteiger partial charge is 0.334 e. The molecule has 2 bridgehead atoms. The fraction of sp³-hybridized carbons (Fsp3) is 0.550. The number of carbonyl (C=O) groups excluding carboxylic acids is 3. The number of allylic oxidation sites excluding steroid dienone is 1. The summed E-state index contributed by atoms with van der Waals surface area (Å²) < 4.78 is 17.0. The van der Waals surface area contributed by atoms with Crippen molar-refractivity contribution in [2.24, 2.45) is 11.8 Å². The predicted molar refractivity (Wildman–Crippen MR) is 92.8 cm³/mol. The number of carbonyl (C=O) groups is 3. The van der Waals surface area contributed by atoms with Crippen LogP contribution in [0.1, 0.15) is 40.0 Å². The van der Waals surface area contributed by atoms with E-state index in [0.29, 0.717) is 17.8 Å². The summed E-state index contributed by atoms with van der Waals surface area (Å²) >= 11 is 0. The molecule has 4 atom stereocenters. The Morgan fingerprint density at radius 2 is 2.08 bits per heavy atom. The van der Waals surface area contributed by atoms with Crippen LogP contribution in [0.5, 0.6) is 0 Å². The highest BCUT2D eigenvalue weighted by Crippen LogP contribution is 2.44. The van der Waals surface area contributed by atoms with Crippen molar-refractivity contribution in [2.45, 2.75) is 57.8 Å². The highest BCUT2D eigenvalue weighted by Gasteiger charge is 2.52. The van der Waals surface area contributed by atoms with E-state index >= 15 is 0 Å². The summed E-state index contributed by atoms with van der Waals surface area (Å²) in [5.74, 6) is -1.07. The van der Waals surface area contributed by atoms with Crippen molar-refractivity contribution in [3.05, 3.63) is 36.1 Å². The Morgan fingerprint density at radius 1 is 1.38 bits per heavy atom. The molecule has 2 fully saturated rings. The quantitative estimate of drug-likeness (QED) is 0.569. The average molecular weight is 360 g/mol. The van der Waals surface area contributed by atoms with Crippen LogP contribution in [0.15, 0.2) is 36.1 Å². The van der Waals surface area contributed by atoms with E-state index in [2.05, 4.69) is 13.2 Å². The van der Waals surface area contributed by atoms with Gasteiger partial charge in [-0.15, -0.1) is 0 Å². The number of hydrogen-bond donors (Lipinski definition) is 0. The van der Waals surface area contributed by atoms with Crippen molar-refractivity contribution in [1.82, 2.24) is 0 Å². The van der Waals surface area contributed by atoms with Crippen LogP contribution in [0.25, 0.3) is 0 Å². The monoisotopic (exact) mass is 360 g/mol. The van der Waals surface area contributed by atoms with E-state index in [1.54, 1.807) is 6.92 Å². The third kappa shape index (κ3) is 3.20. The topological polar surface area (TPSA) is 78.9 Å². The minimum Gasteiger partial charge on any atom is -0.479 e. The maximum absolute atomic E-state index is 12.5. The summed E-state index contributed by atoms with van der Waals surface area (Å²) in [5.41, 5.74) is -0.330. The van der Waals surface area contributed by atoms with Gasteiger partial charge in [-0.3, -0.25) is 9.59 Å². The average Bonchev–Trinajstić information content (AvgIpc) is 2.95. The standard InChI is InChI=1S/C20H24O6/c1-10(2)6-17(22)24-15-9-20(5)16(21)8-13(26-20)11(3)7-14-18(15)12(4)19(23)25-14/h8,10,14-15,18H,3-4,6-7,9H2,1-2,5H3. The molecule has 0 aliphatic carbocycles. The number of fused-ring (bicyclic) bond motifs is 3. The molecule has 140 valence electrons. The van der Waals surface area contributed by atoms with Gasteiger partial charge in [-0.05, 0) is 18.4 Å². The summed E-state index contributed by atoms with van der Waals surface area (Å²) in [6.45, 7) is 13.3. The van der Waals surface area contributed by atoms with Crippen LogP contribution in [-0.4, -0.2) is 35.5 Å². The van der Waals surface area contributed by atoms with Gasteiger partial charge in [0.15, 0.2) is 5.60 Å². The summed E-state index contributed by atoms with van der Waals surface area (Å²) in [6.07, 6.45) is 0.806. The number of hydrogen-bond acceptors (Lipinski definition) is 6. The molecule has 6 heteroatoms. The normalized spacial score (nSPS) is 33.7. The second-order valence-electron chi connectivity index (χ2n) is 7.84. The molecule has 3 heterocycles. The molecule has 3 aliphatic rings. The largest absolute Gasteiger partial charge is 0.479 e. The van der Waals surface area contributed by atoms with Gasteiger partial charge < -0.3 is 14.2 Å². The van der Waals surface area contributed by atoms with Gasteiger partial charge in [0.25, 0.3) is 0 Å². The van der Waals surface area contributed by atoms with Crippen molar-refractivity contribution in [3.63, 3.8) is 0 Å². The summed E-state index contributed by atoms with van der Waals surface area (Å²) in [7, 11) is 0. The summed E-state index contributed by atoms with van der Waals surface area (Å²) in [6, 6.07) is 0. The first-order chi connectivity index (χ1) is 12.1.